The summed E-state index contributed by atoms with van der Waals surface area (Å²) in [5, 5.41) is 16.7. The van der Waals surface area contributed by atoms with E-state index in [0.717, 1.165) is 18.0 Å². The maximum Gasteiger partial charge on any atom is 0.180 e. The van der Waals surface area contributed by atoms with Crippen molar-refractivity contribution < 1.29 is 9.84 Å². The summed E-state index contributed by atoms with van der Waals surface area (Å²) in [6, 6.07) is 0. The molecule has 0 radical (unpaired) electrons. The highest BCUT2D eigenvalue weighted by molar-refractivity contribution is 5.65. The Kier molecular flexibility index (Phi) is 3.45. The van der Waals surface area contributed by atoms with Gasteiger partial charge in [0.15, 0.2) is 11.5 Å². The maximum absolute atomic E-state index is 10.3. The average Bonchev–Trinajstić information content (AvgIpc) is 3.06. The summed E-state index contributed by atoms with van der Waals surface area (Å²) in [4.78, 5) is 8.78. The fourth-order valence-electron chi connectivity index (χ4n) is 2.30. The Bertz CT molecular complexity index is 591. The van der Waals surface area contributed by atoms with Crippen LogP contribution in [0.4, 0.5) is 11.6 Å². The summed E-state index contributed by atoms with van der Waals surface area (Å²) in [5.41, 5.74) is -0.0754. The summed E-state index contributed by atoms with van der Waals surface area (Å²) >= 11 is 0. The van der Waals surface area contributed by atoms with Crippen LogP contribution >= 0.6 is 0 Å². The second kappa shape index (κ2) is 5.26. The molecule has 2 aromatic rings. The smallest absolute Gasteiger partial charge is 0.180 e. The fraction of sp³-hybridized carbons (Fsp3) is 0.538. The van der Waals surface area contributed by atoms with Gasteiger partial charge in [-0.05, 0) is 6.92 Å². The van der Waals surface area contributed by atoms with Crippen molar-refractivity contribution in [2.45, 2.75) is 18.9 Å². The van der Waals surface area contributed by atoms with Gasteiger partial charge >= 0.3 is 0 Å². The van der Waals surface area contributed by atoms with E-state index in [9.17, 15) is 5.11 Å². The van der Waals surface area contributed by atoms with Crippen molar-refractivity contribution in [2.75, 3.05) is 36.9 Å². The number of ether oxygens (including phenoxy) is 1. The molecule has 1 aliphatic heterocycles. The van der Waals surface area contributed by atoms with Crippen LogP contribution in [0, 0.1) is 0 Å². The van der Waals surface area contributed by atoms with Crippen molar-refractivity contribution in [1.82, 2.24) is 14.4 Å². The molecule has 1 fully saturated rings. The third-order valence-electron chi connectivity index (χ3n) is 3.40. The van der Waals surface area contributed by atoms with Gasteiger partial charge in [0.2, 0.25) is 0 Å². The molecule has 0 amide bonds. The van der Waals surface area contributed by atoms with Crippen molar-refractivity contribution in [3.8, 4) is 0 Å². The second-order valence-electron chi connectivity index (χ2n) is 5.04. The van der Waals surface area contributed by atoms with Crippen LogP contribution in [-0.2, 0) is 4.74 Å². The molecule has 0 aliphatic carbocycles. The van der Waals surface area contributed by atoms with Crippen LogP contribution in [0.1, 0.15) is 13.3 Å². The molecule has 3 N–H and O–H groups in total. The Labute approximate surface area is 117 Å². The first-order valence-electron chi connectivity index (χ1n) is 6.82. The van der Waals surface area contributed by atoms with Gasteiger partial charge in [-0.2, -0.15) is 0 Å². The van der Waals surface area contributed by atoms with E-state index in [0.29, 0.717) is 32.0 Å². The molecule has 2 aromatic heterocycles. The molecule has 0 spiro atoms. The molecule has 0 bridgehead atoms. The third kappa shape index (κ3) is 2.54. The zero-order valence-corrected chi connectivity index (χ0v) is 11.5. The van der Waals surface area contributed by atoms with E-state index in [-0.39, 0.29) is 0 Å². The molecular formula is C13H19N5O2. The maximum atomic E-state index is 10.3. The van der Waals surface area contributed by atoms with Crippen LogP contribution in [0.25, 0.3) is 5.65 Å². The van der Waals surface area contributed by atoms with Crippen LogP contribution in [-0.4, -0.2) is 51.4 Å². The molecule has 1 unspecified atom stereocenters. The average molecular weight is 277 g/mol. The minimum atomic E-state index is -0.820. The zero-order valence-electron chi connectivity index (χ0n) is 11.5. The van der Waals surface area contributed by atoms with Crippen LogP contribution in [0.2, 0.25) is 0 Å². The highest BCUT2D eigenvalue weighted by Crippen LogP contribution is 2.21. The van der Waals surface area contributed by atoms with Gasteiger partial charge in [0.1, 0.15) is 11.4 Å². The van der Waals surface area contributed by atoms with Gasteiger partial charge in [0.05, 0.1) is 12.8 Å². The van der Waals surface area contributed by atoms with E-state index in [2.05, 4.69) is 20.6 Å². The number of imidazole rings is 1. The van der Waals surface area contributed by atoms with Crippen molar-refractivity contribution in [1.29, 1.82) is 0 Å². The van der Waals surface area contributed by atoms with Gasteiger partial charge < -0.3 is 24.9 Å². The third-order valence-corrected chi connectivity index (χ3v) is 3.40. The van der Waals surface area contributed by atoms with Crippen molar-refractivity contribution >= 4 is 17.3 Å². The lowest BCUT2D eigenvalue weighted by Crippen LogP contribution is -2.37. The lowest BCUT2D eigenvalue weighted by Gasteiger charge is -2.21. The first-order valence-corrected chi connectivity index (χ1v) is 6.82. The predicted molar refractivity (Wildman–Crippen MR) is 76.0 cm³/mol. The highest BCUT2D eigenvalue weighted by Gasteiger charge is 2.32. The van der Waals surface area contributed by atoms with E-state index in [1.165, 1.54) is 0 Å². The minimum Gasteiger partial charge on any atom is -0.386 e. The SMILES string of the molecule is CCNc1cn2ccnc2c(NCC2(O)CCOC2)n1. The zero-order chi connectivity index (χ0) is 14.0. The number of hydrogen-bond donors (Lipinski definition) is 3. The molecule has 3 heterocycles. The van der Waals surface area contributed by atoms with Gasteiger partial charge in [0.25, 0.3) is 0 Å². The Morgan fingerprint density at radius 1 is 1.50 bits per heavy atom. The van der Waals surface area contributed by atoms with E-state index >= 15 is 0 Å². The van der Waals surface area contributed by atoms with Crippen LogP contribution in [0.15, 0.2) is 18.6 Å². The van der Waals surface area contributed by atoms with Crippen LogP contribution < -0.4 is 10.6 Å². The standard InChI is InChI=1S/C13H19N5O2/c1-2-14-10-7-18-5-4-15-12(18)11(17-10)16-8-13(19)3-6-20-9-13/h4-5,7,14,19H,2-3,6,8-9H2,1H3,(H,16,17). The van der Waals surface area contributed by atoms with E-state index in [4.69, 9.17) is 4.74 Å². The van der Waals surface area contributed by atoms with Gasteiger partial charge in [-0.1, -0.05) is 0 Å². The van der Waals surface area contributed by atoms with Gasteiger partial charge in [-0.25, -0.2) is 9.97 Å². The van der Waals surface area contributed by atoms with Gasteiger partial charge in [-0.3, -0.25) is 0 Å². The van der Waals surface area contributed by atoms with Gasteiger partial charge in [0, 0.05) is 38.5 Å². The molecule has 3 rings (SSSR count). The van der Waals surface area contributed by atoms with Crippen molar-refractivity contribution in [3.05, 3.63) is 18.6 Å². The van der Waals surface area contributed by atoms with E-state index in [1.807, 2.05) is 23.7 Å². The van der Waals surface area contributed by atoms with Crippen molar-refractivity contribution in [2.24, 2.45) is 0 Å². The van der Waals surface area contributed by atoms with E-state index in [1.54, 1.807) is 6.20 Å². The highest BCUT2D eigenvalue weighted by atomic mass is 16.5. The molecule has 20 heavy (non-hydrogen) atoms. The Balaban J connectivity index is 1.83. The Hall–Kier alpha value is -1.86. The predicted octanol–water partition coefficient (Wildman–Crippen LogP) is 0.724. The minimum absolute atomic E-state index is 0.359. The first-order chi connectivity index (χ1) is 9.70. The van der Waals surface area contributed by atoms with Gasteiger partial charge in [-0.15, -0.1) is 0 Å². The number of aliphatic hydroxyl groups is 1. The number of hydrogen-bond acceptors (Lipinski definition) is 6. The molecule has 1 atom stereocenters. The largest absolute Gasteiger partial charge is 0.386 e. The lowest BCUT2D eigenvalue weighted by atomic mass is 10.0. The Morgan fingerprint density at radius 3 is 3.15 bits per heavy atom. The molecule has 7 heteroatoms. The Morgan fingerprint density at radius 2 is 2.40 bits per heavy atom. The molecule has 1 aliphatic rings. The molecule has 0 aromatic carbocycles. The quantitative estimate of drug-likeness (QED) is 0.747. The number of fused-ring (bicyclic) bond motifs is 1. The number of anilines is 2. The summed E-state index contributed by atoms with van der Waals surface area (Å²) in [7, 11) is 0. The number of nitrogens with one attached hydrogen (secondary N) is 2. The normalized spacial score (nSPS) is 22.3. The second-order valence-corrected chi connectivity index (χ2v) is 5.04. The topological polar surface area (TPSA) is 83.7 Å². The number of nitrogens with zero attached hydrogens (tertiary/aromatic N) is 3. The fourth-order valence-corrected chi connectivity index (χ4v) is 2.30. The summed E-state index contributed by atoms with van der Waals surface area (Å²) in [6.45, 7) is 4.17. The molecule has 0 saturated carbocycles. The molecule has 7 nitrogen and oxygen atoms in total. The molecular weight excluding hydrogens is 258 g/mol. The number of rotatable bonds is 5. The van der Waals surface area contributed by atoms with Crippen LogP contribution in [0.3, 0.4) is 0 Å². The summed E-state index contributed by atoms with van der Waals surface area (Å²) in [5.74, 6) is 1.43. The van der Waals surface area contributed by atoms with Crippen LogP contribution in [0.5, 0.6) is 0 Å². The number of aromatic nitrogens is 3. The summed E-state index contributed by atoms with van der Waals surface area (Å²) < 4.78 is 7.14. The monoisotopic (exact) mass is 277 g/mol. The first kappa shape index (κ1) is 13.1. The summed E-state index contributed by atoms with van der Waals surface area (Å²) in [6.07, 6.45) is 6.13. The van der Waals surface area contributed by atoms with E-state index < -0.39 is 5.60 Å². The van der Waals surface area contributed by atoms with Crippen molar-refractivity contribution in [3.63, 3.8) is 0 Å². The molecule has 108 valence electrons. The molecule has 1 saturated heterocycles. The lowest BCUT2D eigenvalue weighted by molar-refractivity contribution is 0.0381.